The molecular formula is C9H10Cl2S. The Kier molecular flexibility index (Phi) is 4.89. The average molecular weight is 221 g/mol. The Hall–Kier alpha value is 0.150. The van der Waals surface area contributed by atoms with Crippen LogP contribution in [0.2, 0.25) is 5.02 Å². The second-order valence-electron chi connectivity index (χ2n) is 2.37. The second-order valence-corrected chi connectivity index (χ2v) is 4.29. The normalized spacial score (nSPS) is 10.2. The van der Waals surface area contributed by atoms with Crippen molar-refractivity contribution in [2.45, 2.75) is 5.75 Å². The molecular weight excluding hydrogens is 211 g/mol. The Morgan fingerprint density at radius 2 is 2.17 bits per heavy atom. The van der Waals surface area contributed by atoms with Crippen molar-refractivity contribution in [2.75, 3.05) is 11.6 Å². The van der Waals surface area contributed by atoms with Crippen LogP contribution in [0.25, 0.3) is 0 Å². The number of halogens is 2. The Balaban J connectivity index is 2.41. The lowest BCUT2D eigenvalue weighted by Gasteiger charge is -1.99. The predicted octanol–water partition coefficient (Wildman–Crippen LogP) is 3.81. The topological polar surface area (TPSA) is 0 Å². The van der Waals surface area contributed by atoms with Crippen molar-refractivity contribution in [3.05, 3.63) is 34.9 Å². The highest BCUT2D eigenvalue weighted by Gasteiger charge is 1.93. The first kappa shape index (κ1) is 10.2. The van der Waals surface area contributed by atoms with Crippen molar-refractivity contribution in [3.8, 4) is 0 Å². The predicted molar refractivity (Wildman–Crippen MR) is 58.3 cm³/mol. The monoisotopic (exact) mass is 220 g/mol. The summed E-state index contributed by atoms with van der Waals surface area (Å²) in [4.78, 5) is 0. The van der Waals surface area contributed by atoms with Gasteiger partial charge in [0.25, 0.3) is 0 Å². The zero-order valence-corrected chi connectivity index (χ0v) is 8.92. The lowest BCUT2D eigenvalue weighted by Crippen LogP contribution is -1.83. The molecule has 0 aliphatic carbocycles. The van der Waals surface area contributed by atoms with Crippen molar-refractivity contribution < 1.29 is 0 Å². The number of hydrogen-bond donors (Lipinski definition) is 0. The van der Waals surface area contributed by atoms with Gasteiger partial charge < -0.3 is 0 Å². The van der Waals surface area contributed by atoms with E-state index in [1.54, 1.807) is 0 Å². The molecule has 0 radical (unpaired) electrons. The number of alkyl halides is 1. The summed E-state index contributed by atoms with van der Waals surface area (Å²) in [5, 5.41) is 0.805. The molecule has 0 N–H and O–H groups in total. The van der Waals surface area contributed by atoms with E-state index in [2.05, 4.69) is 6.07 Å². The molecule has 3 heteroatoms. The third kappa shape index (κ3) is 3.70. The minimum Gasteiger partial charge on any atom is -0.156 e. The second kappa shape index (κ2) is 5.74. The molecule has 0 unspecified atom stereocenters. The zero-order valence-electron chi connectivity index (χ0n) is 6.59. The van der Waals surface area contributed by atoms with E-state index in [4.69, 9.17) is 23.2 Å². The molecule has 66 valence electrons. The number of benzene rings is 1. The van der Waals surface area contributed by atoms with Crippen LogP contribution in [0.4, 0.5) is 0 Å². The average Bonchev–Trinajstić information content (AvgIpc) is 2.05. The summed E-state index contributed by atoms with van der Waals surface area (Å²) in [6, 6.07) is 7.92. The maximum Gasteiger partial charge on any atom is 0.0409 e. The van der Waals surface area contributed by atoms with Crippen LogP contribution in [0.1, 0.15) is 5.56 Å². The summed E-state index contributed by atoms with van der Waals surface area (Å²) in [6.07, 6.45) is 0. The molecule has 0 aromatic heterocycles. The fraction of sp³-hybridized carbons (Fsp3) is 0.333. The number of thioether (sulfide) groups is 1. The van der Waals surface area contributed by atoms with Crippen LogP contribution in [0.3, 0.4) is 0 Å². The van der Waals surface area contributed by atoms with E-state index in [1.807, 2.05) is 30.0 Å². The Bertz CT molecular complexity index is 238. The highest BCUT2D eigenvalue weighted by atomic mass is 35.5. The minimum atomic E-state index is 0.714. The SMILES string of the molecule is ClCCSCc1cccc(Cl)c1. The number of rotatable bonds is 4. The lowest BCUT2D eigenvalue weighted by atomic mass is 10.2. The molecule has 0 bridgehead atoms. The first-order valence-corrected chi connectivity index (χ1v) is 5.78. The van der Waals surface area contributed by atoms with Crippen LogP contribution in [-0.2, 0) is 5.75 Å². The van der Waals surface area contributed by atoms with Crippen LogP contribution < -0.4 is 0 Å². The summed E-state index contributed by atoms with van der Waals surface area (Å²) in [6.45, 7) is 0. The standard InChI is InChI=1S/C9H10Cl2S/c10-4-5-12-7-8-2-1-3-9(11)6-8/h1-3,6H,4-5,7H2. The molecule has 0 aliphatic rings. The first-order chi connectivity index (χ1) is 5.83. The van der Waals surface area contributed by atoms with Crippen LogP contribution in [0.5, 0.6) is 0 Å². The fourth-order valence-electron chi connectivity index (χ4n) is 0.871. The van der Waals surface area contributed by atoms with Crippen LogP contribution in [-0.4, -0.2) is 11.6 Å². The van der Waals surface area contributed by atoms with Gasteiger partial charge in [-0.05, 0) is 17.7 Å². The molecule has 0 saturated carbocycles. The van der Waals surface area contributed by atoms with Crippen molar-refractivity contribution >= 4 is 35.0 Å². The van der Waals surface area contributed by atoms with Crippen molar-refractivity contribution in [2.24, 2.45) is 0 Å². The van der Waals surface area contributed by atoms with Crippen molar-refractivity contribution in [1.29, 1.82) is 0 Å². The maximum absolute atomic E-state index is 5.82. The molecule has 0 amide bonds. The Morgan fingerprint density at radius 3 is 2.83 bits per heavy atom. The molecule has 0 fully saturated rings. The maximum atomic E-state index is 5.82. The molecule has 0 saturated heterocycles. The lowest BCUT2D eigenvalue weighted by molar-refractivity contribution is 1.40. The summed E-state index contributed by atoms with van der Waals surface area (Å²) in [5.41, 5.74) is 1.26. The van der Waals surface area contributed by atoms with Gasteiger partial charge in [0, 0.05) is 22.4 Å². The van der Waals surface area contributed by atoms with E-state index < -0.39 is 0 Å². The quantitative estimate of drug-likeness (QED) is 0.550. The van der Waals surface area contributed by atoms with Gasteiger partial charge in [0.05, 0.1) is 0 Å². The van der Waals surface area contributed by atoms with E-state index in [1.165, 1.54) is 5.56 Å². The van der Waals surface area contributed by atoms with Gasteiger partial charge in [-0.1, -0.05) is 23.7 Å². The Morgan fingerprint density at radius 1 is 1.33 bits per heavy atom. The molecule has 12 heavy (non-hydrogen) atoms. The largest absolute Gasteiger partial charge is 0.156 e. The van der Waals surface area contributed by atoms with Gasteiger partial charge in [-0.2, -0.15) is 11.8 Å². The van der Waals surface area contributed by atoms with Gasteiger partial charge in [-0.3, -0.25) is 0 Å². The first-order valence-electron chi connectivity index (χ1n) is 3.71. The van der Waals surface area contributed by atoms with Gasteiger partial charge in [0.2, 0.25) is 0 Å². The Labute approximate surface area is 87.3 Å². The van der Waals surface area contributed by atoms with Crippen LogP contribution >= 0.6 is 35.0 Å². The smallest absolute Gasteiger partial charge is 0.0409 e. The highest BCUT2D eigenvalue weighted by Crippen LogP contribution is 2.16. The molecule has 1 aromatic rings. The number of hydrogen-bond acceptors (Lipinski definition) is 1. The zero-order chi connectivity index (χ0) is 8.81. The fourth-order valence-corrected chi connectivity index (χ4v) is 2.08. The third-order valence-electron chi connectivity index (χ3n) is 1.38. The van der Waals surface area contributed by atoms with E-state index in [0.29, 0.717) is 5.88 Å². The van der Waals surface area contributed by atoms with Gasteiger partial charge in [0.15, 0.2) is 0 Å². The summed E-state index contributed by atoms with van der Waals surface area (Å²) in [7, 11) is 0. The summed E-state index contributed by atoms with van der Waals surface area (Å²) < 4.78 is 0. The molecule has 0 nitrogen and oxygen atoms in total. The van der Waals surface area contributed by atoms with Gasteiger partial charge in [-0.25, -0.2) is 0 Å². The van der Waals surface area contributed by atoms with Crippen molar-refractivity contribution in [3.63, 3.8) is 0 Å². The van der Waals surface area contributed by atoms with E-state index in [0.717, 1.165) is 16.5 Å². The van der Waals surface area contributed by atoms with E-state index >= 15 is 0 Å². The molecule has 0 heterocycles. The summed E-state index contributed by atoms with van der Waals surface area (Å²) >= 11 is 13.2. The van der Waals surface area contributed by atoms with Gasteiger partial charge in [0.1, 0.15) is 0 Å². The van der Waals surface area contributed by atoms with Gasteiger partial charge in [-0.15, -0.1) is 11.6 Å². The molecule has 0 spiro atoms. The highest BCUT2D eigenvalue weighted by molar-refractivity contribution is 7.98. The third-order valence-corrected chi connectivity index (χ3v) is 3.06. The van der Waals surface area contributed by atoms with Crippen LogP contribution in [0.15, 0.2) is 24.3 Å². The molecule has 1 rings (SSSR count). The molecule has 1 aromatic carbocycles. The van der Waals surface area contributed by atoms with Crippen LogP contribution in [0, 0.1) is 0 Å². The van der Waals surface area contributed by atoms with E-state index in [-0.39, 0.29) is 0 Å². The minimum absolute atomic E-state index is 0.714. The summed E-state index contributed by atoms with van der Waals surface area (Å²) in [5.74, 6) is 2.70. The van der Waals surface area contributed by atoms with Crippen molar-refractivity contribution in [1.82, 2.24) is 0 Å². The van der Waals surface area contributed by atoms with E-state index in [9.17, 15) is 0 Å². The molecule has 0 aliphatic heterocycles. The molecule has 0 atom stereocenters. The van der Waals surface area contributed by atoms with Gasteiger partial charge >= 0.3 is 0 Å².